The summed E-state index contributed by atoms with van der Waals surface area (Å²) >= 11 is 0. The first-order valence-corrected chi connectivity index (χ1v) is 4.91. The number of phenols is 1. The molecule has 1 saturated carbocycles. The first-order valence-electron chi connectivity index (χ1n) is 4.91. The lowest BCUT2D eigenvalue weighted by molar-refractivity contribution is 0.424. The molecule has 0 aromatic heterocycles. The Morgan fingerprint density at radius 1 is 1.36 bits per heavy atom. The minimum Gasteiger partial charge on any atom is -0.505 e. The molecule has 0 amide bonds. The molecule has 0 spiro atoms. The van der Waals surface area contributed by atoms with Gasteiger partial charge in [-0.3, -0.25) is 0 Å². The zero-order chi connectivity index (χ0) is 10.1. The van der Waals surface area contributed by atoms with Gasteiger partial charge >= 0.3 is 0 Å². The van der Waals surface area contributed by atoms with Crippen molar-refractivity contribution in [3.8, 4) is 5.75 Å². The molecule has 0 heterocycles. The van der Waals surface area contributed by atoms with Crippen LogP contribution in [0.2, 0.25) is 0 Å². The van der Waals surface area contributed by atoms with Gasteiger partial charge in [0.15, 0.2) is 11.6 Å². The zero-order valence-electron chi connectivity index (χ0n) is 7.91. The number of nitrogens with two attached hydrogens (primary N) is 1. The van der Waals surface area contributed by atoms with Crippen molar-refractivity contribution in [2.24, 2.45) is 5.73 Å². The summed E-state index contributed by atoms with van der Waals surface area (Å²) in [6, 6.07) is 4.96. The van der Waals surface area contributed by atoms with Crippen LogP contribution >= 0.6 is 0 Å². The first-order chi connectivity index (χ1) is 6.68. The van der Waals surface area contributed by atoms with E-state index in [0.29, 0.717) is 5.56 Å². The van der Waals surface area contributed by atoms with Gasteiger partial charge in [0, 0.05) is 6.04 Å². The van der Waals surface area contributed by atoms with Crippen LogP contribution in [0.3, 0.4) is 0 Å². The van der Waals surface area contributed by atoms with Gasteiger partial charge < -0.3 is 10.8 Å². The van der Waals surface area contributed by atoms with Gasteiger partial charge in [0.2, 0.25) is 0 Å². The van der Waals surface area contributed by atoms with Gasteiger partial charge in [-0.05, 0) is 36.8 Å². The molecule has 1 aliphatic carbocycles. The van der Waals surface area contributed by atoms with Gasteiger partial charge in [-0.25, -0.2) is 4.39 Å². The molecular weight excluding hydrogens is 181 g/mol. The summed E-state index contributed by atoms with van der Waals surface area (Å²) < 4.78 is 13.5. The molecule has 2 nitrogen and oxygen atoms in total. The molecule has 2 rings (SSSR count). The van der Waals surface area contributed by atoms with Gasteiger partial charge in [-0.1, -0.05) is 12.1 Å². The van der Waals surface area contributed by atoms with Gasteiger partial charge in [0.25, 0.3) is 0 Å². The molecule has 1 aromatic rings. The Morgan fingerprint density at radius 3 is 2.79 bits per heavy atom. The van der Waals surface area contributed by atoms with Crippen molar-refractivity contribution >= 4 is 0 Å². The summed E-state index contributed by atoms with van der Waals surface area (Å²) in [5.74, 6) is -0.563. The highest BCUT2D eigenvalue weighted by molar-refractivity contribution is 5.32. The summed E-state index contributed by atoms with van der Waals surface area (Å²) in [4.78, 5) is 0. The lowest BCUT2D eigenvalue weighted by Crippen LogP contribution is -2.14. The molecule has 14 heavy (non-hydrogen) atoms. The topological polar surface area (TPSA) is 46.2 Å². The monoisotopic (exact) mass is 195 g/mol. The normalized spacial score (nSPS) is 26.7. The minimum absolute atomic E-state index is 0.178. The predicted octanol–water partition coefficient (Wildman–Crippen LogP) is 2.13. The zero-order valence-corrected chi connectivity index (χ0v) is 7.91. The van der Waals surface area contributed by atoms with Crippen LogP contribution in [0.1, 0.15) is 30.7 Å². The molecule has 1 aromatic carbocycles. The van der Waals surface area contributed by atoms with E-state index in [0.717, 1.165) is 19.3 Å². The average molecular weight is 195 g/mol. The fourth-order valence-corrected chi connectivity index (χ4v) is 2.15. The van der Waals surface area contributed by atoms with E-state index in [-0.39, 0.29) is 17.7 Å². The number of aromatic hydroxyl groups is 1. The van der Waals surface area contributed by atoms with Crippen LogP contribution in [0.15, 0.2) is 18.2 Å². The summed E-state index contributed by atoms with van der Waals surface area (Å²) in [6.45, 7) is 0. The molecule has 0 radical (unpaired) electrons. The van der Waals surface area contributed by atoms with E-state index in [1.165, 1.54) is 6.07 Å². The number of benzene rings is 1. The Labute approximate surface area is 82.5 Å². The Hall–Kier alpha value is -1.09. The van der Waals surface area contributed by atoms with E-state index in [9.17, 15) is 9.50 Å². The van der Waals surface area contributed by atoms with Crippen molar-refractivity contribution in [1.82, 2.24) is 0 Å². The number of hydrogen-bond donors (Lipinski definition) is 2. The quantitative estimate of drug-likeness (QED) is 0.721. The Kier molecular flexibility index (Phi) is 2.42. The van der Waals surface area contributed by atoms with Crippen molar-refractivity contribution in [2.45, 2.75) is 31.2 Å². The lowest BCUT2D eigenvalue weighted by atomic mass is 9.96. The molecule has 76 valence electrons. The van der Waals surface area contributed by atoms with Crippen molar-refractivity contribution < 1.29 is 9.50 Å². The maximum atomic E-state index is 13.5. The molecule has 0 saturated heterocycles. The summed E-state index contributed by atoms with van der Waals surface area (Å²) in [5.41, 5.74) is 6.37. The van der Waals surface area contributed by atoms with E-state index in [2.05, 4.69) is 0 Å². The van der Waals surface area contributed by atoms with Gasteiger partial charge in [-0.15, -0.1) is 0 Å². The van der Waals surface area contributed by atoms with Crippen LogP contribution in [0.25, 0.3) is 0 Å². The van der Waals surface area contributed by atoms with Crippen LogP contribution in [-0.4, -0.2) is 11.1 Å². The fourth-order valence-electron chi connectivity index (χ4n) is 2.15. The second-order valence-electron chi connectivity index (χ2n) is 3.95. The van der Waals surface area contributed by atoms with E-state index in [1.807, 2.05) is 0 Å². The van der Waals surface area contributed by atoms with E-state index >= 15 is 0 Å². The maximum absolute atomic E-state index is 13.5. The number of phenolic OH excluding ortho intramolecular Hbond substituents is 1. The SMILES string of the molecule is NC1CCC(c2cccc(O)c2F)C1. The Bertz CT molecular complexity index is 340. The second-order valence-corrected chi connectivity index (χ2v) is 3.95. The molecule has 0 aliphatic heterocycles. The smallest absolute Gasteiger partial charge is 0.168 e. The predicted molar refractivity (Wildman–Crippen MR) is 52.6 cm³/mol. The van der Waals surface area contributed by atoms with Gasteiger partial charge in [0.05, 0.1) is 0 Å². The molecule has 2 unspecified atom stereocenters. The van der Waals surface area contributed by atoms with Gasteiger partial charge in [0.1, 0.15) is 0 Å². The molecule has 1 fully saturated rings. The van der Waals surface area contributed by atoms with E-state index < -0.39 is 5.82 Å². The molecule has 0 bridgehead atoms. The fraction of sp³-hybridized carbons (Fsp3) is 0.455. The van der Waals surface area contributed by atoms with Crippen molar-refractivity contribution in [3.05, 3.63) is 29.6 Å². The van der Waals surface area contributed by atoms with E-state index in [1.54, 1.807) is 12.1 Å². The van der Waals surface area contributed by atoms with Crippen LogP contribution in [0.4, 0.5) is 4.39 Å². The third kappa shape index (κ3) is 1.60. The standard InChI is InChI=1S/C11H14FNO/c12-11-9(2-1-3-10(11)14)7-4-5-8(13)6-7/h1-3,7-8,14H,4-6,13H2. The Balaban J connectivity index is 2.28. The second kappa shape index (κ2) is 3.58. The third-order valence-corrected chi connectivity index (χ3v) is 2.92. The molecule has 3 N–H and O–H groups in total. The number of hydrogen-bond acceptors (Lipinski definition) is 2. The summed E-state index contributed by atoms with van der Waals surface area (Å²) in [6.07, 6.45) is 2.68. The maximum Gasteiger partial charge on any atom is 0.168 e. The first kappa shape index (κ1) is 9.46. The highest BCUT2D eigenvalue weighted by Crippen LogP contribution is 2.36. The Morgan fingerprint density at radius 2 is 2.14 bits per heavy atom. The lowest BCUT2D eigenvalue weighted by Gasteiger charge is -2.11. The van der Waals surface area contributed by atoms with Crippen LogP contribution in [0, 0.1) is 5.82 Å². The van der Waals surface area contributed by atoms with Crippen LogP contribution in [0.5, 0.6) is 5.75 Å². The van der Waals surface area contributed by atoms with E-state index in [4.69, 9.17) is 5.73 Å². The highest BCUT2D eigenvalue weighted by Gasteiger charge is 2.26. The molecule has 3 heteroatoms. The van der Waals surface area contributed by atoms with Crippen LogP contribution in [-0.2, 0) is 0 Å². The molecule has 2 atom stereocenters. The minimum atomic E-state index is -0.480. The van der Waals surface area contributed by atoms with Crippen molar-refractivity contribution in [3.63, 3.8) is 0 Å². The number of rotatable bonds is 1. The summed E-state index contributed by atoms with van der Waals surface area (Å²) in [7, 11) is 0. The highest BCUT2D eigenvalue weighted by atomic mass is 19.1. The number of halogens is 1. The van der Waals surface area contributed by atoms with Gasteiger partial charge in [-0.2, -0.15) is 0 Å². The van der Waals surface area contributed by atoms with Crippen LogP contribution < -0.4 is 5.73 Å². The largest absolute Gasteiger partial charge is 0.505 e. The average Bonchev–Trinajstić information content (AvgIpc) is 2.57. The third-order valence-electron chi connectivity index (χ3n) is 2.92. The molecular formula is C11H14FNO. The van der Waals surface area contributed by atoms with Crippen molar-refractivity contribution in [1.29, 1.82) is 0 Å². The van der Waals surface area contributed by atoms with Crippen molar-refractivity contribution in [2.75, 3.05) is 0 Å². The summed E-state index contributed by atoms with van der Waals surface area (Å²) in [5, 5.41) is 9.22. The molecule has 1 aliphatic rings.